The van der Waals surface area contributed by atoms with Crippen molar-refractivity contribution in [3.8, 4) is 0 Å². The average molecular weight is 1080 g/mol. The minimum absolute atomic E-state index is 0.0880. The van der Waals surface area contributed by atoms with Gasteiger partial charge >= 0.3 is 17.9 Å². The van der Waals surface area contributed by atoms with Gasteiger partial charge in [-0.3, -0.25) is 14.4 Å². The Kier molecular flexibility index (Phi) is 62.3. The van der Waals surface area contributed by atoms with Gasteiger partial charge in [0.25, 0.3) is 0 Å². The van der Waals surface area contributed by atoms with Gasteiger partial charge in [-0.2, -0.15) is 0 Å². The van der Waals surface area contributed by atoms with Crippen molar-refractivity contribution < 1.29 is 28.6 Å². The van der Waals surface area contributed by atoms with Gasteiger partial charge < -0.3 is 14.2 Å². The van der Waals surface area contributed by atoms with Crippen molar-refractivity contribution >= 4 is 17.9 Å². The molecule has 0 aromatic carbocycles. The Morgan fingerprint density at radius 1 is 0.269 bits per heavy atom. The van der Waals surface area contributed by atoms with Gasteiger partial charge in [0.2, 0.25) is 0 Å². The molecule has 0 rings (SSSR count). The Morgan fingerprint density at radius 3 is 0.782 bits per heavy atom. The molecule has 6 nitrogen and oxygen atoms in total. The van der Waals surface area contributed by atoms with Crippen molar-refractivity contribution in [1.82, 2.24) is 0 Å². The summed E-state index contributed by atoms with van der Waals surface area (Å²) in [6.45, 7) is 6.37. The first-order valence-corrected chi connectivity index (χ1v) is 32.9. The molecular formula is C72H122O6. The van der Waals surface area contributed by atoms with Gasteiger partial charge in [0.1, 0.15) is 13.2 Å². The third-order valence-electron chi connectivity index (χ3n) is 14.0. The predicted molar refractivity (Wildman–Crippen MR) is 339 cm³/mol. The van der Waals surface area contributed by atoms with Gasteiger partial charge in [-0.15, -0.1) is 0 Å². The van der Waals surface area contributed by atoms with Crippen LogP contribution in [-0.2, 0) is 28.6 Å². The molecule has 0 aliphatic rings. The maximum Gasteiger partial charge on any atom is 0.306 e. The van der Waals surface area contributed by atoms with Crippen LogP contribution in [0.15, 0.2) is 109 Å². The zero-order valence-corrected chi connectivity index (χ0v) is 51.2. The van der Waals surface area contributed by atoms with E-state index in [9.17, 15) is 14.4 Å². The normalized spacial score (nSPS) is 12.8. The molecule has 1 atom stereocenters. The molecule has 6 heteroatoms. The molecule has 0 amide bonds. The lowest BCUT2D eigenvalue weighted by Gasteiger charge is -2.18. The third kappa shape index (κ3) is 62.9. The highest BCUT2D eigenvalue weighted by Crippen LogP contribution is 2.17. The molecule has 0 fully saturated rings. The third-order valence-corrected chi connectivity index (χ3v) is 14.0. The fourth-order valence-corrected chi connectivity index (χ4v) is 9.11. The SMILES string of the molecule is CC/C=C\C/C=C\C/C=C\C/C=C\CCCCCCCCCCCCCCCCCCCCC(=O)OCC(COC(=O)CCCCCCC/C=C\C/C=C\CCCC)OC(=O)CCCCCCC/C=C\C/C=C\C/C=C\CC. The van der Waals surface area contributed by atoms with Crippen molar-refractivity contribution in [2.75, 3.05) is 13.2 Å². The molecule has 0 aliphatic heterocycles. The van der Waals surface area contributed by atoms with E-state index in [1.807, 2.05) is 0 Å². The number of carbonyl (C=O) groups is 3. The quantitative estimate of drug-likeness (QED) is 0.0261. The summed E-state index contributed by atoms with van der Waals surface area (Å²) in [5.74, 6) is -0.911. The van der Waals surface area contributed by atoms with Crippen molar-refractivity contribution in [3.63, 3.8) is 0 Å². The number of esters is 3. The van der Waals surface area contributed by atoms with Gasteiger partial charge in [0.05, 0.1) is 0 Å². The van der Waals surface area contributed by atoms with Crippen molar-refractivity contribution in [1.29, 1.82) is 0 Å². The first-order chi connectivity index (χ1) is 38.5. The molecular weight excluding hydrogens is 961 g/mol. The highest BCUT2D eigenvalue weighted by atomic mass is 16.6. The maximum atomic E-state index is 12.9. The standard InChI is InChI=1S/C72H122O6/c1-4-7-10-13-16-19-22-25-28-29-30-31-32-33-34-35-36-37-38-39-40-41-42-43-45-47-50-53-56-59-62-65-71(74)77-68-69(67-76-70(73)64-61-58-55-52-49-46-27-24-21-18-15-12-9-6-3)78-72(75)66-63-60-57-54-51-48-44-26-23-20-17-14-11-8-5-2/h7-8,10-11,15-20,24-28,30-31,44,69H,4-6,9,12-14,21-23,29,32-43,45-68H2,1-3H3/b10-7-,11-8-,18-15-,19-16-,20-17-,27-24-,28-25-,31-30-,44-26-. The molecule has 0 heterocycles. The Bertz CT molecular complexity index is 1570. The van der Waals surface area contributed by atoms with E-state index in [-0.39, 0.29) is 31.1 Å². The largest absolute Gasteiger partial charge is 0.462 e. The monoisotopic (exact) mass is 1080 g/mol. The topological polar surface area (TPSA) is 78.9 Å². The van der Waals surface area contributed by atoms with Gasteiger partial charge in [-0.1, -0.05) is 284 Å². The summed E-state index contributed by atoms with van der Waals surface area (Å²) in [4.78, 5) is 38.3. The van der Waals surface area contributed by atoms with E-state index in [0.717, 1.165) is 148 Å². The first-order valence-electron chi connectivity index (χ1n) is 32.9. The predicted octanol–water partition coefficient (Wildman–Crippen LogP) is 22.6. The van der Waals surface area contributed by atoms with Gasteiger partial charge in [-0.25, -0.2) is 0 Å². The van der Waals surface area contributed by atoms with E-state index in [2.05, 4.69) is 130 Å². The van der Waals surface area contributed by atoms with Crippen LogP contribution in [0, 0.1) is 0 Å². The number of carbonyl (C=O) groups excluding carboxylic acids is 3. The molecule has 0 saturated heterocycles. The summed E-state index contributed by atoms with van der Waals surface area (Å²) in [6, 6.07) is 0. The first kappa shape index (κ1) is 74.1. The minimum atomic E-state index is -0.793. The zero-order chi connectivity index (χ0) is 56.4. The van der Waals surface area contributed by atoms with E-state index >= 15 is 0 Å². The summed E-state index contributed by atoms with van der Waals surface area (Å²) in [5, 5.41) is 0. The number of hydrogen-bond donors (Lipinski definition) is 0. The van der Waals surface area contributed by atoms with E-state index in [0.29, 0.717) is 19.3 Å². The number of hydrogen-bond acceptors (Lipinski definition) is 6. The summed E-state index contributed by atoms with van der Waals surface area (Å²) in [6.07, 6.45) is 89.7. The van der Waals surface area contributed by atoms with Crippen LogP contribution >= 0.6 is 0 Å². The fourth-order valence-electron chi connectivity index (χ4n) is 9.11. The Hall–Kier alpha value is -3.93. The molecule has 1 unspecified atom stereocenters. The van der Waals surface area contributed by atoms with Crippen LogP contribution in [0.25, 0.3) is 0 Å². The highest BCUT2D eigenvalue weighted by molar-refractivity contribution is 5.71. The van der Waals surface area contributed by atoms with Crippen molar-refractivity contribution in [2.45, 2.75) is 316 Å². The number of allylic oxidation sites excluding steroid dienone is 18. The molecule has 0 saturated carbocycles. The molecule has 0 bridgehead atoms. The fraction of sp³-hybridized carbons (Fsp3) is 0.708. The van der Waals surface area contributed by atoms with Crippen LogP contribution in [-0.4, -0.2) is 37.2 Å². The van der Waals surface area contributed by atoms with Crippen LogP contribution in [0.3, 0.4) is 0 Å². The number of rotatable bonds is 59. The molecule has 78 heavy (non-hydrogen) atoms. The number of ether oxygens (including phenoxy) is 3. The Balaban J connectivity index is 4.21. The highest BCUT2D eigenvalue weighted by Gasteiger charge is 2.19. The van der Waals surface area contributed by atoms with E-state index in [1.165, 1.54) is 122 Å². The smallest absolute Gasteiger partial charge is 0.306 e. The summed E-state index contributed by atoms with van der Waals surface area (Å²) in [5.41, 5.74) is 0. The second kappa shape index (κ2) is 65.6. The average Bonchev–Trinajstić information content (AvgIpc) is 3.44. The molecule has 0 aromatic rings. The molecule has 446 valence electrons. The van der Waals surface area contributed by atoms with Crippen LogP contribution in [0.1, 0.15) is 310 Å². The van der Waals surface area contributed by atoms with E-state index in [1.54, 1.807) is 0 Å². The molecule has 0 N–H and O–H groups in total. The summed E-state index contributed by atoms with van der Waals surface area (Å²) >= 11 is 0. The van der Waals surface area contributed by atoms with E-state index in [4.69, 9.17) is 14.2 Å². The summed E-state index contributed by atoms with van der Waals surface area (Å²) in [7, 11) is 0. The lowest BCUT2D eigenvalue weighted by Crippen LogP contribution is -2.30. The number of unbranched alkanes of at least 4 members (excludes halogenated alkanes) is 30. The second-order valence-corrected chi connectivity index (χ2v) is 21.6. The lowest BCUT2D eigenvalue weighted by molar-refractivity contribution is -0.167. The maximum absolute atomic E-state index is 12.9. The Labute approximate surface area is 482 Å². The summed E-state index contributed by atoms with van der Waals surface area (Å²) < 4.78 is 16.9. The van der Waals surface area contributed by atoms with Crippen LogP contribution < -0.4 is 0 Å². The second-order valence-electron chi connectivity index (χ2n) is 21.6. The molecule has 0 aliphatic carbocycles. The van der Waals surface area contributed by atoms with Crippen LogP contribution in [0.2, 0.25) is 0 Å². The van der Waals surface area contributed by atoms with Crippen molar-refractivity contribution in [3.05, 3.63) is 109 Å². The van der Waals surface area contributed by atoms with Gasteiger partial charge in [-0.05, 0) is 116 Å². The molecule has 0 aromatic heterocycles. The van der Waals surface area contributed by atoms with Crippen molar-refractivity contribution in [2.24, 2.45) is 0 Å². The molecule has 0 spiro atoms. The van der Waals surface area contributed by atoms with E-state index < -0.39 is 6.10 Å². The zero-order valence-electron chi connectivity index (χ0n) is 51.2. The van der Waals surface area contributed by atoms with Crippen LogP contribution in [0.4, 0.5) is 0 Å². The minimum Gasteiger partial charge on any atom is -0.462 e. The lowest BCUT2D eigenvalue weighted by atomic mass is 10.0. The van der Waals surface area contributed by atoms with Crippen LogP contribution in [0.5, 0.6) is 0 Å². The van der Waals surface area contributed by atoms with Gasteiger partial charge in [0, 0.05) is 19.3 Å². The van der Waals surface area contributed by atoms with Gasteiger partial charge in [0.15, 0.2) is 6.10 Å². The Morgan fingerprint density at radius 2 is 0.500 bits per heavy atom. The molecule has 0 radical (unpaired) electrons.